The number of hydrogen-bond donors (Lipinski definition) is 0. The molecule has 0 unspecified atom stereocenters. The van der Waals surface area contributed by atoms with Crippen LogP contribution >= 0.6 is 23.5 Å². The van der Waals surface area contributed by atoms with Crippen LogP contribution in [0.25, 0.3) is 0 Å². The molecule has 1 fully saturated rings. The molecule has 2 aromatic carbocycles. The van der Waals surface area contributed by atoms with Crippen LogP contribution in [0.2, 0.25) is 0 Å². The van der Waals surface area contributed by atoms with E-state index in [1.165, 1.54) is 68.1 Å². The van der Waals surface area contributed by atoms with Crippen LogP contribution in [0, 0.1) is 17.6 Å². The molecule has 0 atom stereocenters. The van der Waals surface area contributed by atoms with E-state index in [1.54, 1.807) is 30.0 Å². The van der Waals surface area contributed by atoms with Gasteiger partial charge in [-0.15, -0.1) is 11.8 Å². The second kappa shape index (κ2) is 10.7. The van der Waals surface area contributed by atoms with E-state index in [2.05, 4.69) is 4.99 Å². The van der Waals surface area contributed by atoms with Gasteiger partial charge in [0.15, 0.2) is 0 Å². The predicted molar refractivity (Wildman–Crippen MR) is 114 cm³/mol. The Kier molecular flexibility index (Phi) is 7.96. The minimum Gasteiger partial charge on any atom is -0.242 e. The summed E-state index contributed by atoms with van der Waals surface area (Å²) in [6.45, 7) is 0. The van der Waals surface area contributed by atoms with Gasteiger partial charge in [0.05, 0.1) is 10.7 Å². The van der Waals surface area contributed by atoms with Gasteiger partial charge in [0.25, 0.3) is 0 Å². The molecular formula is C22H23F2NS2. The van der Waals surface area contributed by atoms with Crippen LogP contribution in [0.1, 0.15) is 32.1 Å². The molecule has 0 amide bonds. The molecule has 0 aromatic heterocycles. The van der Waals surface area contributed by atoms with Crippen molar-refractivity contribution in [2.45, 2.75) is 37.0 Å². The Morgan fingerprint density at radius 2 is 1.78 bits per heavy atom. The summed E-state index contributed by atoms with van der Waals surface area (Å²) in [5.74, 6) is 1.26. The Morgan fingerprint density at radius 1 is 1.00 bits per heavy atom. The van der Waals surface area contributed by atoms with E-state index in [4.69, 9.17) is 0 Å². The van der Waals surface area contributed by atoms with Crippen molar-refractivity contribution in [3.63, 3.8) is 0 Å². The van der Waals surface area contributed by atoms with Gasteiger partial charge >= 0.3 is 0 Å². The summed E-state index contributed by atoms with van der Waals surface area (Å²) in [6.07, 6.45) is 8.52. The molecule has 5 heteroatoms. The van der Waals surface area contributed by atoms with Crippen molar-refractivity contribution >= 4 is 34.3 Å². The number of nitrogens with zero attached hydrogens (tertiary/aromatic N) is 1. The molecular weight excluding hydrogens is 380 g/mol. The lowest BCUT2D eigenvalue weighted by atomic mass is 9.91. The number of aliphatic imine (C=N–C) groups is 1. The summed E-state index contributed by atoms with van der Waals surface area (Å²) >= 11 is 3.25. The largest absolute Gasteiger partial charge is 0.242 e. The molecule has 0 heterocycles. The number of benzene rings is 2. The average Bonchev–Trinajstić information content (AvgIpc) is 2.68. The lowest BCUT2D eigenvalue weighted by Crippen LogP contribution is -2.09. The maximum Gasteiger partial charge on any atom is 0.125 e. The van der Waals surface area contributed by atoms with Crippen molar-refractivity contribution in [1.82, 2.24) is 0 Å². The normalized spacial score (nSPS) is 16.1. The van der Waals surface area contributed by atoms with Gasteiger partial charge in [0, 0.05) is 10.6 Å². The molecule has 0 saturated heterocycles. The molecule has 3 rings (SSSR count). The summed E-state index contributed by atoms with van der Waals surface area (Å²) in [6, 6.07) is 12.8. The third-order valence-corrected chi connectivity index (χ3v) is 6.45. The zero-order valence-electron chi connectivity index (χ0n) is 15.1. The molecule has 2 aromatic rings. The Balaban J connectivity index is 1.67. The second-order valence-corrected chi connectivity index (χ2v) is 8.64. The van der Waals surface area contributed by atoms with Gasteiger partial charge in [0.2, 0.25) is 0 Å². The fourth-order valence-electron chi connectivity index (χ4n) is 3.03. The minimum absolute atomic E-state index is 0.236. The summed E-state index contributed by atoms with van der Waals surface area (Å²) in [7, 11) is 0. The van der Waals surface area contributed by atoms with Crippen molar-refractivity contribution in [2.24, 2.45) is 10.9 Å². The molecule has 1 nitrogen and oxygen atoms in total. The summed E-state index contributed by atoms with van der Waals surface area (Å²) in [5, 5.41) is 2.83. The van der Waals surface area contributed by atoms with Crippen LogP contribution in [0.15, 0.2) is 69.9 Å². The molecule has 0 N–H and O–H groups in total. The summed E-state index contributed by atoms with van der Waals surface area (Å²) in [5.41, 5.74) is 0.623. The maximum atomic E-state index is 13.5. The van der Waals surface area contributed by atoms with Gasteiger partial charge in [0.1, 0.15) is 11.6 Å². The molecule has 142 valence electrons. The van der Waals surface area contributed by atoms with Crippen molar-refractivity contribution in [1.29, 1.82) is 0 Å². The SMILES string of the molecule is Fc1ccc(SC=CC(=Nc2cccc(F)c2)SCC2CCCCC2)cc1. The third kappa shape index (κ3) is 7.15. The van der Waals surface area contributed by atoms with Gasteiger partial charge in [-0.25, -0.2) is 13.8 Å². The van der Waals surface area contributed by atoms with Crippen LogP contribution in [-0.2, 0) is 0 Å². The molecule has 0 spiro atoms. The number of thioether (sulfide) groups is 2. The molecule has 1 aliphatic carbocycles. The molecule has 0 bridgehead atoms. The average molecular weight is 404 g/mol. The van der Waals surface area contributed by atoms with Crippen LogP contribution in [0.3, 0.4) is 0 Å². The molecule has 1 aliphatic rings. The zero-order chi connectivity index (χ0) is 18.9. The Hall–Kier alpha value is -1.59. The second-order valence-electron chi connectivity index (χ2n) is 6.62. The quantitative estimate of drug-likeness (QED) is 0.279. The summed E-state index contributed by atoms with van der Waals surface area (Å²) < 4.78 is 26.5. The highest BCUT2D eigenvalue weighted by Gasteiger charge is 2.14. The first-order chi connectivity index (χ1) is 13.2. The maximum absolute atomic E-state index is 13.5. The van der Waals surface area contributed by atoms with E-state index in [0.717, 1.165) is 21.6 Å². The van der Waals surface area contributed by atoms with Gasteiger partial charge in [-0.3, -0.25) is 0 Å². The van der Waals surface area contributed by atoms with Crippen molar-refractivity contribution < 1.29 is 8.78 Å². The van der Waals surface area contributed by atoms with Gasteiger partial charge in [-0.2, -0.15) is 0 Å². The first-order valence-corrected chi connectivity index (χ1v) is 11.1. The van der Waals surface area contributed by atoms with Crippen LogP contribution in [-0.4, -0.2) is 10.8 Å². The lowest BCUT2D eigenvalue weighted by molar-refractivity contribution is 0.391. The first kappa shape index (κ1) is 20.2. The Morgan fingerprint density at radius 3 is 2.52 bits per heavy atom. The third-order valence-electron chi connectivity index (χ3n) is 4.47. The number of halogens is 2. The topological polar surface area (TPSA) is 12.4 Å². The first-order valence-electron chi connectivity index (χ1n) is 9.25. The van der Waals surface area contributed by atoms with Crippen molar-refractivity contribution in [3.8, 4) is 0 Å². The van der Waals surface area contributed by atoms with E-state index in [9.17, 15) is 8.78 Å². The lowest BCUT2D eigenvalue weighted by Gasteiger charge is -2.20. The summed E-state index contributed by atoms with van der Waals surface area (Å²) in [4.78, 5) is 5.60. The highest BCUT2D eigenvalue weighted by Crippen LogP contribution is 2.29. The van der Waals surface area contributed by atoms with Gasteiger partial charge in [-0.1, -0.05) is 37.1 Å². The van der Waals surface area contributed by atoms with E-state index in [0.29, 0.717) is 5.69 Å². The molecule has 27 heavy (non-hydrogen) atoms. The van der Waals surface area contributed by atoms with E-state index in [-0.39, 0.29) is 11.6 Å². The highest BCUT2D eigenvalue weighted by atomic mass is 32.2. The minimum atomic E-state index is -0.280. The fourth-order valence-corrected chi connectivity index (χ4v) is 4.84. The number of hydrogen-bond acceptors (Lipinski definition) is 3. The highest BCUT2D eigenvalue weighted by molar-refractivity contribution is 8.14. The standard InChI is InChI=1S/C22H23F2NS2/c23-18-9-11-21(12-10-18)26-14-13-22(25-20-8-4-7-19(24)15-20)27-16-17-5-2-1-3-6-17/h4,7-15,17H,1-3,5-6,16H2. The van der Waals surface area contributed by atoms with Gasteiger partial charge in [-0.05, 0) is 72.7 Å². The van der Waals surface area contributed by atoms with Crippen molar-refractivity contribution in [2.75, 3.05) is 5.75 Å². The molecule has 0 radical (unpaired) electrons. The molecule has 0 aliphatic heterocycles. The van der Waals surface area contributed by atoms with Gasteiger partial charge < -0.3 is 0 Å². The zero-order valence-corrected chi connectivity index (χ0v) is 16.7. The Bertz CT molecular complexity index is 781. The van der Waals surface area contributed by atoms with Crippen LogP contribution in [0.4, 0.5) is 14.5 Å². The monoisotopic (exact) mass is 403 g/mol. The van der Waals surface area contributed by atoms with Crippen molar-refractivity contribution in [3.05, 3.63) is 71.6 Å². The smallest absolute Gasteiger partial charge is 0.125 e. The fraction of sp³-hybridized carbons (Fsp3) is 0.318. The van der Waals surface area contributed by atoms with E-state index < -0.39 is 0 Å². The van der Waals surface area contributed by atoms with Crippen LogP contribution in [0.5, 0.6) is 0 Å². The number of rotatable bonds is 6. The van der Waals surface area contributed by atoms with Crippen LogP contribution < -0.4 is 0 Å². The van der Waals surface area contributed by atoms with E-state index >= 15 is 0 Å². The molecule has 1 saturated carbocycles. The van der Waals surface area contributed by atoms with E-state index in [1.807, 2.05) is 17.6 Å². The Labute approximate surface area is 168 Å². The predicted octanol–water partition coefficient (Wildman–Crippen LogP) is 7.61.